The van der Waals surface area contributed by atoms with Gasteiger partial charge in [-0.25, -0.2) is 9.78 Å². The zero-order valence-electron chi connectivity index (χ0n) is 25.4. The molecule has 46 heavy (non-hydrogen) atoms. The van der Waals surface area contributed by atoms with Crippen molar-refractivity contribution in [1.29, 1.82) is 0 Å². The summed E-state index contributed by atoms with van der Waals surface area (Å²) < 4.78 is 0.952. The number of rotatable bonds is 9. The number of aromatic amines is 1. The van der Waals surface area contributed by atoms with Gasteiger partial charge in [-0.05, 0) is 41.3 Å². The van der Waals surface area contributed by atoms with Crippen LogP contribution in [0.4, 0.5) is 9.93 Å². The Bertz CT molecular complexity index is 1910. The van der Waals surface area contributed by atoms with Crippen LogP contribution in [0.1, 0.15) is 30.0 Å². The summed E-state index contributed by atoms with van der Waals surface area (Å²) in [6.07, 6.45) is 2.24. The van der Waals surface area contributed by atoms with Crippen LogP contribution in [0.3, 0.4) is 0 Å². The second-order valence-corrected chi connectivity index (χ2v) is 12.8. The van der Waals surface area contributed by atoms with Crippen LogP contribution in [0.2, 0.25) is 0 Å². The highest BCUT2D eigenvalue weighted by atomic mass is 32.1. The van der Waals surface area contributed by atoms with Gasteiger partial charge in [-0.3, -0.25) is 19.7 Å². The van der Waals surface area contributed by atoms with Crippen molar-refractivity contribution in [2.45, 2.75) is 45.1 Å². The Hall–Kier alpha value is -5.01. The van der Waals surface area contributed by atoms with Gasteiger partial charge in [0.2, 0.25) is 11.8 Å². The molecule has 5 aromatic rings. The number of urea groups is 1. The lowest BCUT2D eigenvalue weighted by Gasteiger charge is -2.46. The van der Waals surface area contributed by atoms with E-state index in [1.807, 2.05) is 78.7 Å². The molecule has 4 amide bonds. The van der Waals surface area contributed by atoms with Crippen molar-refractivity contribution < 1.29 is 14.4 Å². The van der Waals surface area contributed by atoms with Gasteiger partial charge in [0.05, 0.1) is 35.0 Å². The standard InChI is InChI=1S/C33H35N9O3S/c1-2-13-40(33(45)35-16-21-7-4-3-5-8-21)41-20-29(43)42-26(15-22-11-12-25-24(14-22)17-36-38-25)31(44)39(19-28(41)42)18-23-9-6-10-27-30(23)37-32(34)46-27/h3-12,14,17,26,28H,2,13,15-16,18-20H2,1H3,(H2,34,37)(H,35,45)(H,36,38)/t26-,28+/m0/s1. The van der Waals surface area contributed by atoms with E-state index >= 15 is 0 Å². The van der Waals surface area contributed by atoms with Crippen LogP contribution < -0.4 is 11.1 Å². The average Bonchev–Trinajstić information content (AvgIpc) is 3.77. The summed E-state index contributed by atoms with van der Waals surface area (Å²) in [6, 6.07) is 20.4. The zero-order chi connectivity index (χ0) is 31.8. The van der Waals surface area contributed by atoms with Gasteiger partial charge in [0.15, 0.2) is 5.13 Å². The number of nitrogens with one attached hydrogen (secondary N) is 2. The quantitative estimate of drug-likeness (QED) is 0.224. The third kappa shape index (κ3) is 5.63. The van der Waals surface area contributed by atoms with Crippen molar-refractivity contribution in [2.75, 3.05) is 25.4 Å². The molecule has 2 saturated heterocycles. The van der Waals surface area contributed by atoms with Crippen LogP contribution in [0.5, 0.6) is 0 Å². The maximum absolute atomic E-state index is 14.3. The number of nitrogen functional groups attached to an aromatic ring is 1. The number of hydrazine groups is 1. The Morgan fingerprint density at radius 2 is 1.96 bits per heavy atom. The first-order valence-electron chi connectivity index (χ1n) is 15.4. The Kier molecular flexibility index (Phi) is 8.01. The maximum Gasteiger partial charge on any atom is 0.332 e. The zero-order valence-corrected chi connectivity index (χ0v) is 26.2. The fourth-order valence-electron chi connectivity index (χ4n) is 6.51. The van der Waals surface area contributed by atoms with Gasteiger partial charge in [0.25, 0.3) is 0 Å². The number of amides is 4. The number of aromatic nitrogens is 3. The summed E-state index contributed by atoms with van der Waals surface area (Å²) >= 11 is 1.41. The summed E-state index contributed by atoms with van der Waals surface area (Å²) in [5, 5.41) is 15.0. The lowest BCUT2D eigenvalue weighted by atomic mass is 9.99. The van der Waals surface area contributed by atoms with Crippen molar-refractivity contribution in [3.63, 3.8) is 0 Å². The van der Waals surface area contributed by atoms with E-state index in [-0.39, 0.29) is 30.9 Å². The van der Waals surface area contributed by atoms with E-state index in [2.05, 4.69) is 20.5 Å². The van der Waals surface area contributed by atoms with E-state index in [0.717, 1.165) is 37.8 Å². The number of piperazine rings is 1. The van der Waals surface area contributed by atoms with Crippen molar-refractivity contribution >= 4 is 55.4 Å². The molecule has 2 atom stereocenters. The molecular weight excluding hydrogens is 602 g/mol. The van der Waals surface area contributed by atoms with E-state index in [1.54, 1.807) is 21.0 Å². The van der Waals surface area contributed by atoms with Crippen LogP contribution in [-0.4, -0.2) is 84.7 Å². The smallest absolute Gasteiger partial charge is 0.332 e. The van der Waals surface area contributed by atoms with E-state index < -0.39 is 12.2 Å². The molecule has 4 N–H and O–H groups in total. The Morgan fingerprint density at radius 3 is 2.78 bits per heavy atom. The van der Waals surface area contributed by atoms with Crippen molar-refractivity contribution in [2.24, 2.45) is 0 Å². The van der Waals surface area contributed by atoms with Gasteiger partial charge in [0.1, 0.15) is 12.2 Å². The van der Waals surface area contributed by atoms with Gasteiger partial charge in [-0.2, -0.15) is 10.1 Å². The second kappa shape index (κ2) is 12.4. The fourth-order valence-corrected chi connectivity index (χ4v) is 7.29. The number of anilines is 1. The van der Waals surface area contributed by atoms with Crippen LogP contribution in [-0.2, 0) is 29.1 Å². The Labute approximate surface area is 269 Å². The molecule has 0 saturated carbocycles. The molecule has 2 aliphatic heterocycles. The third-order valence-corrected chi connectivity index (χ3v) is 9.50. The maximum atomic E-state index is 14.3. The molecule has 0 bridgehead atoms. The van der Waals surface area contributed by atoms with Gasteiger partial charge in [-0.15, -0.1) is 0 Å². The molecule has 0 radical (unpaired) electrons. The lowest BCUT2D eigenvalue weighted by molar-refractivity contribution is -0.157. The molecule has 13 heteroatoms. The average molecular weight is 638 g/mol. The summed E-state index contributed by atoms with van der Waals surface area (Å²) in [7, 11) is 0. The molecule has 2 aromatic heterocycles. The van der Waals surface area contributed by atoms with Crippen LogP contribution in [0, 0.1) is 0 Å². The number of nitrogens with zero attached hydrogens (tertiary/aromatic N) is 6. The van der Waals surface area contributed by atoms with Gasteiger partial charge >= 0.3 is 6.03 Å². The third-order valence-electron chi connectivity index (χ3n) is 8.65. The molecule has 0 unspecified atom stereocenters. The van der Waals surface area contributed by atoms with E-state index in [0.29, 0.717) is 37.6 Å². The summed E-state index contributed by atoms with van der Waals surface area (Å²) in [5.74, 6) is -0.326. The molecule has 236 valence electrons. The van der Waals surface area contributed by atoms with E-state index in [9.17, 15) is 14.4 Å². The minimum absolute atomic E-state index is 0.0000112. The number of carbonyl (C=O) groups excluding carboxylic acids is 3. The normalized spacial score (nSPS) is 18.5. The monoisotopic (exact) mass is 637 g/mol. The number of nitrogens with two attached hydrogens (primary N) is 1. The largest absolute Gasteiger partial charge is 0.375 e. The molecule has 7 rings (SSSR count). The SMILES string of the molecule is CCCN(C(=O)NCc1ccccc1)N1CC(=O)N2[C@@H](Cc3ccc4[nH]ncc4c3)C(=O)N(Cc3cccc4sc(N)nc34)C[C@@H]21. The van der Waals surface area contributed by atoms with Crippen molar-refractivity contribution in [3.8, 4) is 0 Å². The van der Waals surface area contributed by atoms with Crippen LogP contribution >= 0.6 is 11.3 Å². The first kappa shape index (κ1) is 29.7. The van der Waals surface area contributed by atoms with E-state index in [4.69, 9.17) is 5.73 Å². The first-order chi connectivity index (χ1) is 22.4. The lowest BCUT2D eigenvalue weighted by Crippen LogP contribution is -2.66. The molecule has 0 spiro atoms. The Balaban J connectivity index is 1.21. The number of hydrogen-bond acceptors (Lipinski definition) is 8. The Morgan fingerprint density at radius 1 is 1.11 bits per heavy atom. The molecule has 3 aromatic carbocycles. The number of fused-ring (bicyclic) bond motifs is 3. The first-order valence-corrected chi connectivity index (χ1v) is 16.2. The summed E-state index contributed by atoms with van der Waals surface area (Å²) in [4.78, 5) is 49.8. The highest BCUT2D eigenvalue weighted by Crippen LogP contribution is 2.33. The number of carbonyl (C=O) groups is 3. The predicted octanol–water partition coefficient (Wildman–Crippen LogP) is 3.72. The molecule has 0 aliphatic carbocycles. The highest BCUT2D eigenvalue weighted by Gasteiger charge is 2.52. The van der Waals surface area contributed by atoms with Gasteiger partial charge < -0.3 is 20.9 Å². The molecular formula is C33H35N9O3S. The molecule has 2 fully saturated rings. The van der Waals surface area contributed by atoms with Crippen LogP contribution in [0.25, 0.3) is 21.1 Å². The number of H-pyrrole nitrogens is 1. The number of benzene rings is 3. The minimum atomic E-state index is -0.754. The summed E-state index contributed by atoms with van der Waals surface area (Å²) in [6.45, 7) is 3.33. The van der Waals surface area contributed by atoms with Gasteiger partial charge in [0, 0.05) is 31.4 Å². The molecule has 12 nitrogen and oxygen atoms in total. The number of para-hydroxylation sites is 1. The van der Waals surface area contributed by atoms with Crippen molar-refractivity contribution in [1.82, 2.24) is 40.3 Å². The fraction of sp³-hybridized carbons (Fsp3) is 0.303. The highest BCUT2D eigenvalue weighted by molar-refractivity contribution is 7.22. The predicted molar refractivity (Wildman–Crippen MR) is 176 cm³/mol. The number of thiazole rings is 1. The van der Waals surface area contributed by atoms with Gasteiger partial charge in [-0.1, -0.05) is 66.8 Å². The molecule has 4 heterocycles. The topological polar surface area (TPSA) is 144 Å². The molecule has 2 aliphatic rings. The van der Waals surface area contributed by atoms with Crippen molar-refractivity contribution in [3.05, 3.63) is 89.6 Å². The summed E-state index contributed by atoms with van der Waals surface area (Å²) in [5.41, 5.74) is 10.5. The van der Waals surface area contributed by atoms with Crippen LogP contribution in [0.15, 0.2) is 72.9 Å². The second-order valence-electron chi connectivity index (χ2n) is 11.7. The minimum Gasteiger partial charge on any atom is -0.375 e. The van der Waals surface area contributed by atoms with E-state index in [1.165, 1.54) is 11.3 Å². The number of hydrogen-bond donors (Lipinski definition) is 3.